The number of carbonyl (C=O) groups is 1. The van der Waals surface area contributed by atoms with Crippen molar-refractivity contribution in [3.8, 4) is 0 Å². The molecule has 0 radical (unpaired) electrons. The highest BCUT2D eigenvalue weighted by molar-refractivity contribution is 5.90. The van der Waals surface area contributed by atoms with Crippen molar-refractivity contribution in [3.63, 3.8) is 0 Å². The van der Waals surface area contributed by atoms with E-state index in [1.54, 1.807) is 18.2 Å². The molecular weight excluding hydrogens is 281 g/mol. The molecule has 0 bridgehead atoms. The standard InChI is InChI=1S/C14H20FN3O.ClH/c15-12-3-1-2-4-13(12)17-14(19)7-10-18-8-5-11(16)6-9-18;/h1-4,11H,5-10,16H2,(H,17,19);1H. The van der Waals surface area contributed by atoms with E-state index in [1.165, 1.54) is 6.07 Å². The summed E-state index contributed by atoms with van der Waals surface area (Å²) >= 11 is 0. The zero-order chi connectivity index (χ0) is 13.7. The molecule has 1 aliphatic rings. The molecule has 20 heavy (non-hydrogen) atoms. The number of piperidine rings is 1. The average Bonchev–Trinajstić information content (AvgIpc) is 2.41. The Kier molecular flexibility index (Phi) is 6.91. The molecule has 1 heterocycles. The van der Waals surface area contributed by atoms with Gasteiger partial charge in [0.1, 0.15) is 5.82 Å². The summed E-state index contributed by atoms with van der Waals surface area (Å²) < 4.78 is 13.3. The fraction of sp³-hybridized carbons (Fsp3) is 0.500. The molecule has 0 aliphatic carbocycles. The van der Waals surface area contributed by atoms with Crippen molar-refractivity contribution in [2.45, 2.75) is 25.3 Å². The van der Waals surface area contributed by atoms with Crippen LogP contribution >= 0.6 is 12.4 Å². The summed E-state index contributed by atoms with van der Waals surface area (Å²) in [6.45, 7) is 2.58. The number of likely N-dealkylation sites (tertiary alicyclic amines) is 1. The Morgan fingerprint density at radius 1 is 1.35 bits per heavy atom. The van der Waals surface area contributed by atoms with Crippen molar-refractivity contribution in [2.75, 3.05) is 25.0 Å². The third-order valence-electron chi connectivity index (χ3n) is 3.44. The summed E-state index contributed by atoms with van der Waals surface area (Å²) in [6, 6.07) is 6.49. The molecule has 1 fully saturated rings. The number of para-hydroxylation sites is 1. The van der Waals surface area contributed by atoms with E-state index >= 15 is 0 Å². The lowest BCUT2D eigenvalue weighted by Crippen LogP contribution is -2.40. The highest BCUT2D eigenvalue weighted by Gasteiger charge is 2.16. The minimum atomic E-state index is -0.403. The second kappa shape index (κ2) is 8.19. The van der Waals surface area contributed by atoms with Crippen LogP contribution in [0.2, 0.25) is 0 Å². The number of nitrogens with zero attached hydrogens (tertiary/aromatic N) is 1. The zero-order valence-electron chi connectivity index (χ0n) is 11.3. The molecule has 1 aromatic rings. The average molecular weight is 302 g/mol. The molecule has 0 atom stereocenters. The second-order valence-corrected chi connectivity index (χ2v) is 4.96. The van der Waals surface area contributed by atoms with Gasteiger partial charge in [-0.1, -0.05) is 12.1 Å². The Morgan fingerprint density at radius 3 is 2.65 bits per heavy atom. The van der Waals surface area contributed by atoms with Gasteiger partial charge >= 0.3 is 0 Å². The minimum Gasteiger partial charge on any atom is -0.328 e. The fourth-order valence-electron chi connectivity index (χ4n) is 2.21. The molecule has 1 aromatic carbocycles. The lowest BCUT2D eigenvalue weighted by atomic mass is 10.1. The topological polar surface area (TPSA) is 58.4 Å². The molecular formula is C14H21ClFN3O. The lowest BCUT2D eigenvalue weighted by Gasteiger charge is -2.29. The molecule has 0 unspecified atom stereocenters. The Morgan fingerprint density at radius 2 is 2.00 bits per heavy atom. The van der Waals surface area contributed by atoms with Crippen LogP contribution in [0.25, 0.3) is 0 Å². The third kappa shape index (κ3) is 5.07. The molecule has 2 rings (SSSR count). The van der Waals surface area contributed by atoms with E-state index < -0.39 is 5.82 Å². The van der Waals surface area contributed by atoms with Crippen molar-refractivity contribution in [1.29, 1.82) is 0 Å². The number of carbonyl (C=O) groups excluding carboxylic acids is 1. The smallest absolute Gasteiger partial charge is 0.225 e. The number of rotatable bonds is 4. The lowest BCUT2D eigenvalue weighted by molar-refractivity contribution is -0.116. The van der Waals surface area contributed by atoms with Crippen molar-refractivity contribution in [3.05, 3.63) is 30.1 Å². The van der Waals surface area contributed by atoms with E-state index in [0.29, 0.717) is 19.0 Å². The van der Waals surface area contributed by atoms with Crippen LogP contribution in [0.5, 0.6) is 0 Å². The van der Waals surface area contributed by atoms with Gasteiger partial charge in [0.05, 0.1) is 5.69 Å². The normalized spacial score (nSPS) is 16.5. The van der Waals surface area contributed by atoms with Gasteiger partial charge in [0.2, 0.25) is 5.91 Å². The van der Waals surface area contributed by atoms with Gasteiger partial charge in [0.25, 0.3) is 0 Å². The first-order valence-electron chi connectivity index (χ1n) is 6.67. The number of amides is 1. The molecule has 1 saturated heterocycles. The van der Waals surface area contributed by atoms with Crippen LogP contribution in [-0.4, -0.2) is 36.5 Å². The second-order valence-electron chi connectivity index (χ2n) is 4.96. The van der Waals surface area contributed by atoms with E-state index in [0.717, 1.165) is 25.9 Å². The van der Waals surface area contributed by atoms with Crippen LogP contribution in [0.15, 0.2) is 24.3 Å². The van der Waals surface area contributed by atoms with Crippen LogP contribution in [-0.2, 0) is 4.79 Å². The molecule has 6 heteroatoms. The highest BCUT2D eigenvalue weighted by atomic mass is 35.5. The van der Waals surface area contributed by atoms with Gasteiger partial charge in [0, 0.05) is 19.0 Å². The summed E-state index contributed by atoms with van der Waals surface area (Å²) in [7, 11) is 0. The maximum Gasteiger partial charge on any atom is 0.225 e. The molecule has 4 nitrogen and oxygen atoms in total. The first kappa shape index (κ1) is 16.9. The minimum absolute atomic E-state index is 0. The van der Waals surface area contributed by atoms with Crippen LogP contribution in [0.1, 0.15) is 19.3 Å². The van der Waals surface area contributed by atoms with Crippen molar-refractivity contribution < 1.29 is 9.18 Å². The van der Waals surface area contributed by atoms with Gasteiger partial charge in [-0.25, -0.2) is 4.39 Å². The number of benzene rings is 1. The molecule has 0 saturated carbocycles. The molecule has 0 aromatic heterocycles. The van der Waals surface area contributed by atoms with Crippen molar-refractivity contribution >= 4 is 24.0 Å². The van der Waals surface area contributed by atoms with Crippen LogP contribution in [0, 0.1) is 5.82 Å². The predicted molar refractivity (Wildman–Crippen MR) is 80.5 cm³/mol. The summed E-state index contributed by atoms with van der Waals surface area (Å²) in [5, 5.41) is 2.59. The molecule has 112 valence electrons. The highest BCUT2D eigenvalue weighted by Crippen LogP contribution is 2.13. The van der Waals surface area contributed by atoms with Gasteiger partial charge in [-0.05, 0) is 38.1 Å². The van der Waals surface area contributed by atoms with E-state index in [1.807, 2.05) is 0 Å². The van der Waals surface area contributed by atoms with Crippen molar-refractivity contribution in [2.24, 2.45) is 5.73 Å². The number of hydrogen-bond acceptors (Lipinski definition) is 3. The maximum atomic E-state index is 13.3. The zero-order valence-corrected chi connectivity index (χ0v) is 12.2. The first-order chi connectivity index (χ1) is 9.15. The van der Waals surface area contributed by atoms with Gasteiger partial charge < -0.3 is 16.0 Å². The van der Waals surface area contributed by atoms with E-state index in [9.17, 15) is 9.18 Å². The first-order valence-corrected chi connectivity index (χ1v) is 6.67. The number of nitrogens with two attached hydrogens (primary N) is 1. The quantitative estimate of drug-likeness (QED) is 0.894. The Labute approximate surface area is 124 Å². The monoisotopic (exact) mass is 301 g/mol. The largest absolute Gasteiger partial charge is 0.328 e. The summed E-state index contributed by atoms with van der Waals surface area (Å²) in [6.07, 6.45) is 2.34. The van der Waals surface area contributed by atoms with Gasteiger partial charge in [-0.15, -0.1) is 12.4 Å². The SMILES string of the molecule is Cl.NC1CCN(CCC(=O)Nc2ccccc2F)CC1. The fourth-order valence-corrected chi connectivity index (χ4v) is 2.21. The molecule has 0 spiro atoms. The Hall–Kier alpha value is -1.17. The Balaban J connectivity index is 0.00000200. The molecule has 3 N–H and O–H groups in total. The molecule has 1 aliphatic heterocycles. The van der Waals surface area contributed by atoms with Gasteiger partial charge in [0.15, 0.2) is 0 Å². The molecule has 1 amide bonds. The van der Waals surface area contributed by atoms with Crippen LogP contribution in [0.3, 0.4) is 0 Å². The summed E-state index contributed by atoms with van der Waals surface area (Å²) in [4.78, 5) is 14.0. The summed E-state index contributed by atoms with van der Waals surface area (Å²) in [5.41, 5.74) is 6.07. The number of nitrogens with one attached hydrogen (secondary N) is 1. The number of anilines is 1. The van der Waals surface area contributed by atoms with Gasteiger partial charge in [-0.2, -0.15) is 0 Å². The van der Waals surface area contributed by atoms with Crippen molar-refractivity contribution in [1.82, 2.24) is 4.90 Å². The van der Waals surface area contributed by atoms with Gasteiger partial charge in [-0.3, -0.25) is 4.79 Å². The van der Waals surface area contributed by atoms with Crippen LogP contribution < -0.4 is 11.1 Å². The third-order valence-corrected chi connectivity index (χ3v) is 3.44. The predicted octanol–water partition coefficient (Wildman–Crippen LogP) is 2.00. The van der Waals surface area contributed by atoms with E-state index in [-0.39, 0.29) is 24.0 Å². The van der Waals surface area contributed by atoms with E-state index in [4.69, 9.17) is 5.73 Å². The Bertz CT molecular complexity index is 436. The van der Waals surface area contributed by atoms with Crippen LogP contribution in [0.4, 0.5) is 10.1 Å². The number of halogens is 2. The number of hydrogen-bond donors (Lipinski definition) is 2. The maximum absolute atomic E-state index is 13.3. The van der Waals surface area contributed by atoms with E-state index in [2.05, 4.69) is 10.2 Å². The summed E-state index contributed by atoms with van der Waals surface area (Å²) in [5.74, 6) is -0.556.